The lowest BCUT2D eigenvalue weighted by atomic mass is 10.1. The van der Waals surface area contributed by atoms with Gasteiger partial charge in [-0.3, -0.25) is 4.79 Å². The number of amides is 1. The van der Waals surface area contributed by atoms with Gasteiger partial charge in [0.15, 0.2) is 0 Å². The van der Waals surface area contributed by atoms with Crippen molar-refractivity contribution in [2.75, 3.05) is 20.1 Å². The van der Waals surface area contributed by atoms with Crippen molar-refractivity contribution in [2.45, 2.75) is 18.9 Å². The molecule has 5 heteroatoms. The van der Waals surface area contributed by atoms with Crippen molar-refractivity contribution in [3.8, 4) is 0 Å². The molecule has 1 aliphatic heterocycles. The lowest BCUT2D eigenvalue weighted by Crippen LogP contribution is -2.46. The summed E-state index contributed by atoms with van der Waals surface area (Å²) < 4.78 is 5.92. The van der Waals surface area contributed by atoms with Crippen LogP contribution in [0.25, 0.3) is 0 Å². The van der Waals surface area contributed by atoms with E-state index in [1.807, 2.05) is 11.9 Å². The second-order valence-electron chi connectivity index (χ2n) is 3.98. The number of carbonyl (C=O) groups excluding carboxylic acids is 1. The van der Waals surface area contributed by atoms with E-state index >= 15 is 0 Å². The molecule has 1 unspecified atom stereocenters. The van der Waals surface area contributed by atoms with Crippen molar-refractivity contribution in [2.24, 2.45) is 0 Å². The number of hydrogen-bond acceptors (Lipinski definition) is 3. The van der Waals surface area contributed by atoms with Crippen LogP contribution in [0.15, 0.2) is 21.2 Å². The maximum absolute atomic E-state index is 12.1. The molecule has 1 atom stereocenters. The Kier molecular flexibility index (Phi) is 3.66. The van der Waals surface area contributed by atoms with Gasteiger partial charge >= 0.3 is 0 Å². The Morgan fingerprint density at radius 2 is 2.50 bits per heavy atom. The van der Waals surface area contributed by atoms with Crippen LogP contribution in [0, 0.1) is 0 Å². The maximum atomic E-state index is 12.1. The van der Waals surface area contributed by atoms with Crippen LogP contribution in [-0.2, 0) is 0 Å². The molecule has 0 spiro atoms. The van der Waals surface area contributed by atoms with E-state index in [1.54, 1.807) is 6.07 Å². The highest BCUT2D eigenvalue weighted by Crippen LogP contribution is 2.21. The number of hydrogen-bond donors (Lipinski definition) is 1. The predicted molar refractivity (Wildman–Crippen MR) is 64.4 cm³/mol. The number of carbonyl (C=O) groups is 1. The van der Waals surface area contributed by atoms with E-state index in [0.717, 1.165) is 30.4 Å². The zero-order chi connectivity index (χ0) is 11.5. The van der Waals surface area contributed by atoms with Crippen LogP contribution >= 0.6 is 15.9 Å². The van der Waals surface area contributed by atoms with E-state index in [0.29, 0.717) is 11.8 Å². The summed E-state index contributed by atoms with van der Waals surface area (Å²) in [5, 5.41) is 3.21. The minimum Gasteiger partial charge on any atom is -0.458 e. The molecule has 2 rings (SSSR count). The van der Waals surface area contributed by atoms with Crippen LogP contribution in [0.5, 0.6) is 0 Å². The van der Waals surface area contributed by atoms with E-state index in [9.17, 15) is 4.79 Å². The molecular weight excluding hydrogens is 272 g/mol. The number of likely N-dealkylation sites (tertiary alicyclic amines) is 1. The van der Waals surface area contributed by atoms with Crippen LogP contribution in [0.4, 0.5) is 0 Å². The second kappa shape index (κ2) is 5.01. The van der Waals surface area contributed by atoms with Crippen molar-refractivity contribution in [3.05, 3.63) is 22.6 Å². The van der Waals surface area contributed by atoms with Gasteiger partial charge in [0, 0.05) is 19.1 Å². The first-order chi connectivity index (χ1) is 7.72. The smallest absolute Gasteiger partial charge is 0.290 e. The quantitative estimate of drug-likeness (QED) is 0.903. The van der Waals surface area contributed by atoms with Crippen molar-refractivity contribution >= 4 is 21.8 Å². The summed E-state index contributed by atoms with van der Waals surface area (Å²) in [4.78, 5) is 14.0. The summed E-state index contributed by atoms with van der Waals surface area (Å²) in [6.07, 6.45) is 3.69. The van der Waals surface area contributed by atoms with E-state index in [2.05, 4.69) is 21.2 Å². The Hall–Kier alpha value is -0.810. The van der Waals surface area contributed by atoms with E-state index in [4.69, 9.17) is 4.42 Å². The molecule has 1 aliphatic rings. The zero-order valence-corrected chi connectivity index (χ0v) is 10.8. The first-order valence-electron chi connectivity index (χ1n) is 5.42. The molecule has 1 aromatic heterocycles. The molecule has 0 aromatic carbocycles. The average Bonchev–Trinajstić information content (AvgIpc) is 2.74. The first kappa shape index (κ1) is 11.7. The SMILES string of the molecule is CNC1CCCN(C(=O)c2occc2Br)C1. The van der Waals surface area contributed by atoms with Crippen LogP contribution in [-0.4, -0.2) is 37.0 Å². The lowest BCUT2D eigenvalue weighted by molar-refractivity contribution is 0.0665. The fraction of sp³-hybridized carbons (Fsp3) is 0.545. The molecule has 1 N–H and O–H groups in total. The molecule has 1 fully saturated rings. The third-order valence-electron chi connectivity index (χ3n) is 2.93. The molecule has 1 aromatic rings. The van der Waals surface area contributed by atoms with Gasteiger partial charge in [-0.25, -0.2) is 0 Å². The van der Waals surface area contributed by atoms with E-state index < -0.39 is 0 Å². The van der Waals surface area contributed by atoms with Crippen LogP contribution in [0.2, 0.25) is 0 Å². The third kappa shape index (κ3) is 2.30. The molecule has 1 amide bonds. The Morgan fingerprint density at radius 3 is 3.12 bits per heavy atom. The number of rotatable bonds is 2. The molecule has 0 aliphatic carbocycles. The van der Waals surface area contributed by atoms with Gasteiger partial charge in [-0.15, -0.1) is 0 Å². The minimum atomic E-state index is -0.0307. The largest absolute Gasteiger partial charge is 0.458 e. The summed E-state index contributed by atoms with van der Waals surface area (Å²) in [5.41, 5.74) is 0. The first-order valence-corrected chi connectivity index (χ1v) is 6.21. The lowest BCUT2D eigenvalue weighted by Gasteiger charge is -2.32. The number of furan rings is 1. The number of nitrogens with zero attached hydrogens (tertiary/aromatic N) is 1. The number of nitrogens with one attached hydrogen (secondary N) is 1. The van der Waals surface area contributed by atoms with Gasteiger partial charge in [-0.1, -0.05) is 0 Å². The fourth-order valence-electron chi connectivity index (χ4n) is 1.99. The minimum absolute atomic E-state index is 0.0307. The maximum Gasteiger partial charge on any atom is 0.290 e. The molecule has 4 nitrogen and oxygen atoms in total. The average molecular weight is 287 g/mol. The highest BCUT2D eigenvalue weighted by molar-refractivity contribution is 9.10. The van der Waals surface area contributed by atoms with E-state index in [-0.39, 0.29) is 5.91 Å². The van der Waals surface area contributed by atoms with Gasteiger partial charge in [-0.2, -0.15) is 0 Å². The number of piperidine rings is 1. The third-order valence-corrected chi connectivity index (χ3v) is 3.55. The number of likely N-dealkylation sites (N-methyl/N-ethyl adjacent to an activating group) is 1. The molecule has 1 saturated heterocycles. The summed E-state index contributed by atoms with van der Waals surface area (Å²) in [6.45, 7) is 1.56. The van der Waals surface area contributed by atoms with Crippen molar-refractivity contribution in [1.29, 1.82) is 0 Å². The van der Waals surface area contributed by atoms with Gasteiger partial charge < -0.3 is 14.6 Å². The van der Waals surface area contributed by atoms with Gasteiger partial charge in [0.25, 0.3) is 5.91 Å². The van der Waals surface area contributed by atoms with Crippen LogP contribution < -0.4 is 5.32 Å². The Labute approximate surface area is 103 Å². The van der Waals surface area contributed by atoms with Crippen LogP contribution in [0.1, 0.15) is 23.4 Å². The highest BCUT2D eigenvalue weighted by Gasteiger charge is 2.26. The Bertz CT molecular complexity index is 378. The molecule has 88 valence electrons. The summed E-state index contributed by atoms with van der Waals surface area (Å²) in [7, 11) is 1.93. The summed E-state index contributed by atoms with van der Waals surface area (Å²) >= 11 is 3.31. The molecule has 2 heterocycles. The number of halogens is 1. The second-order valence-corrected chi connectivity index (χ2v) is 4.83. The summed E-state index contributed by atoms with van der Waals surface area (Å²) in [5.74, 6) is 0.369. The highest BCUT2D eigenvalue weighted by atomic mass is 79.9. The fourth-order valence-corrected chi connectivity index (χ4v) is 2.36. The molecule has 0 radical (unpaired) electrons. The predicted octanol–water partition coefficient (Wildman–Crippen LogP) is 1.87. The molecule has 0 saturated carbocycles. The van der Waals surface area contributed by atoms with Crippen molar-refractivity contribution in [3.63, 3.8) is 0 Å². The van der Waals surface area contributed by atoms with Gasteiger partial charge in [0.05, 0.1) is 10.7 Å². The normalized spacial score (nSPS) is 21.1. The Morgan fingerprint density at radius 1 is 1.69 bits per heavy atom. The standard InChI is InChI=1S/C11H15BrN2O2/c1-13-8-3-2-5-14(7-8)11(15)10-9(12)4-6-16-10/h4,6,8,13H,2-3,5,7H2,1H3. The van der Waals surface area contributed by atoms with Gasteiger partial charge in [0.1, 0.15) is 0 Å². The van der Waals surface area contributed by atoms with Gasteiger partial charge in [0.2, 0.25) is 5.76 Å². The molecule has 0 bridgehead atoms. The van der Waals surface area contributed by atoms with Crippen LogP contribution in [0.3, 0.4) is 0 Å². The van der Waals surface area contributed by atoms with E-state index in [1.165, 1.54) is 6.26 Å². The molecule has 16 heavy (non-hydrogen) atoms. The topological polar surface area (TPSA) is 45.5 Å². The molecular formula is C11H15BrN2O2. The zero-order valence-electron chi connectivity index (χ0n) is 9.20. The van der Waals surface area contributed by atoms with Gasteiger partial charge in [-0.05, 0) is 41.9 Å². The van der Waals surface area contributed by atoms with Crippen molar-refractivity contribution < 1.29 is 9.21 Å². The summed E-state index contributed by atoms with van der Waals surface area (Å²) in [6, 6.07) is 2.14. The van der Waals surface area contributed by atoms with Crippen molar-refractivity contribution in [1.82, 2.24) is 10.2 Å². The Balaban J connectivity index is 2.07. The monoisotopic (exact) mass is 286 g/mol.